The van der Waals surface area contributed by atoms with Crippen molar-refractivity contribution in [1.29, 1.82) is 0 Å². The lowest BCUT2D eigenvalue weighted by Crippen LogP contribution is -2.04. The molecular formula is C29H24ClFN2O3. The fraction of sp³-hybridized carbons (Fsp3) is 0.138. The number of hydrogen-bond acceptors (Lipinski definition) is 4. The van der Waals surface area contributed by atoms with Gasteiger partial charge in [-0.05, 0) is 71.1 Å². The second-order valence-electron chi connectivity index (χ2n) is 8.34. The Morgan fingerprint density at radius 2 is 1.53 bits per heavy atom. The molecule has 36 heavy (non-hydrogen) atoms. The zero-order chi connectivity index (χ0) is 25.5. The Morgan fingerprint density at radius 3 is 2.17 bits per heavy atom. The van der Waals surface area contributed by atoms with Crippen LogP contribution in [0.25, 0.3) is 22.3 Å². The van der Waals surface area contributed by atoms with Crippen LogP contribution in [0, 0.1) is 5.82 Å². The third-order valence-corrected chi connectivity index (χ3v) is 6.01. The first kappa shape index (κ1) is 25.1. The van der Waals surface area contributed by atoms with Crippen LogP contribution in [0.4, 0.5) is 10.1 Å². The highest BCUT2D eigenvalue weighted by molar-refractivity contribution is 6.30. The lowest BCUT2D eigenvalue weighted by atomic mass is 10.00. The number of nitrogens with zero attached hydrogens (tertiary/aromatic N) is 1. The Kier molecular flexibility index (Phi) is 8.08. The summed E-state index contributed by atoms with van der Waals surface area (Å²) in [5, 5.41) is 12.7. The zero-order valence-electron chi connectivity index (χ0n) is 19.4. The van der Waals surface area contributed by atoms with E-state index in [1.165, 1.54) is 12.1 Å². The van der Waals surface area contributed by atoms with E-state index >= 15 is 0 Å². The Balaban J connectivity index is 1.45. The van der Waals surface area contributed by atoms with Crippen LogP contribution < -0.4 is 5.32 Å². The van der Waals surface area contributed by atoms with Crippen molar-refractivity contribution in [3.63, 3.8) is 0 Å². The van der Waals surface area contributed by atoms with Gasteiger partial charge in [-0.1, -0.05) is 48.0 Å². The van der Waals surface area contributed by atoms with Gasteiger partial charge in [-0.15, -0.1) is 0 Å². The van der Waals surface area contributed by atoms with E-state index in [0.29, 0.717) is 17.3 Å². The fourth-order valence-electron chi connectivity index (χ4n) is 3.84. The quantitative estimate of drug-likeness (QED) is 0.223. The molecule has 0 spiro atoms. The first-order valence-corrected chi connectivity index (χ1v) is 11.9. The van der Waals surface area contributed by atoms with Crippen molar-refractivity contribution in [1.82, 2.24) is 4.98 Å². The summed E-state index contributed by atoms with van der Waals surface area (Å²) in [5.74, 6) is -1.36. The highest BCUT2D eigenvalue weighted by atomic mass is 35.5. The van der Waals surface area contributed by atoms with E-state index in [4.69, 9.17) is 16.7 Å². The number of ketones is 1. The third-order valence-electron chi connectivity index (χ3n) is 5.77. The smallest absolute Gasteiger partial charge is 0.303 e. The highest BCUT2D eigenvalue weighted by Gasteiger charge is 2.11. The number of carbonyl (C=O) groups is 2. The highest BCUT2D eigenvalue weighted by Crippen LogP contribution is 2.28. The molecule has 0 unspecified atom stereocenters. The van der Waals surface area contributed by atoms with Gasteiger partial charge < -0.3 is 10.4 Å². The SMILES string of the molecule is O=C(O)CCCC(=O)c1ccc(-c2cc(Cl)ccc2CNc2ccc(-c3ccc(F)cc3)cc2)cn1. The number of aromatic nitrogens is 1. The van der Waals surface area contributed by atoms with E-state index in [2.05, 4.69) is 10.3 Å². The molecule has 0 radical (unpaired) electrons. The van der Waals surface area contributed by atoms with Crippen LogP contribution in [0.2, 0.25) is 5.02 Å². The van der Waals surface area contributed by atoms with E-state index in [-0.39, 0.29) is 30.9 Å². The van der Waals surface area contributed by atoms with Gasteiger partial charge in [0.2, 0.25) is 0 Å². The summed E-state index contributed by atoms with van der Waals surface area (Å²) in [6, 6.07) is 23.4. The molecule has 0 saturated heterocycles. The summed E-state index contributed by atoms with van der Waals surface area (Å²) in [6.45, 7) is 0.540. The predicted octanol–water partition coefficient (Wildman–Crippen LogP) is 7.26. The number of anilines is 1. The largest absolute Gasteiger partial charge is 0.481 e. The van der Waals surface area contributed by atoms with Gasteiger partial charge in [0, 0.05) is 41.9 Å². The van der Waals surface area contributed by atoms with Crippen LogP contribution in [0.3, 0.4) is 0 Å². The van der Waals surface area contributed by atoms with E-state index in [0.717, 1.165) is 33.5 Å². The second kappa shape index (κ2) is 11.6. The summed E-state index contributed by atoms with van der Waals surface area (Å²) in [7, 11) is 0. The number of hydrogen-bond donors (Lipinski definition) is 2. The number of pyridine rings is 1. The van der Waals surface area contributed by atoms with E-state index in [1.807, 2.05) is 48.5 Å². The van der Waals surface area contributed by atoms with Gasteiger partial charge >= 0.3 is 5.97 Å². The van der Waals surface area contributed by atoms with Crippen LogP contribution in [0.5, 0.6) is 0 Å². The van der Waals surface area contributed by atoms with Crippen molar-refractivity contribution in [2.24, 2.45) is 0 Å². The maximum absolute atomic E-state index is 13.2. The van der Waals surface area contributed by atoms with Gasteiger partial charge in [0.1, 0.15) is 11.5 Å². The third kappa shape index (κ3) is 6.55. The molecule has 4 rings (SSSR count). The lowest BCUT2D eigenvalue weighted by molar-refractivity contribution is -0.137. The predicted molar refractivity (Wildman–Crippen MR) is 140 cm³/mol. The molecule has 1 aromatic heterocycles. The van der Waals surface area contributed by atoms with Crippen LogP contribution in [0.1, 0.15) is 35.3 Å². The van der Waals surface area contributed by atoms with Crippen LogP contribution >= 0.6 is 11.6 Å². The maximum atomic E-state index is 13.2. The molecule has 2 N–H and O–H groups in total. The Hall–Kier alpha value is -4.03. The minimum Gasteiger partial charge on any atom is -0.481 e. The van der Waals surface area contributed by atoms with Crippen molar-refractivity contribution in [2.75, 3.05) is 5.32 Å². The van der Waals surface area contributed by atoms with Crippen molar-refractivity contribution in [3.05, 3.63) is 107 Å². The van der Waals surface area contributed by atoms with E-state index in [1.54, 1.807) is 24.4 Å². The van der Waals surface area contributed by atoms with Crippen molar-refractivity contribution < 1.29 is 19.1 Å². The van der Waals surface area contributed by atoms with Gasteiger partial charge in [0.05, 0.1) is 0 Å². The number of carboxylic acids is 1. The molecule has 4 aromatic rings. The number of nitrogens with one attached hydrogen (secondary N) is 1. The van der Waals surface area contributed by atoms with Crippen LogP contribution in [-0.4, -0.2) is 21.8 Å². The normalized spacial score (nSPS) is 10.7. The van der Waals surface area contributed by atoms with Crippen LogP contribution in [0.15, 0.2) is 85.1 Å². The molecule has 0 aliphatic carbocycles. The number of halogens is 2. The van der Waals surface area contributed by atoms with Gasteiger partial charge in [0.15, 0.2) is 5.78 Å². The number of rotatable bonds is 10. The first-order valence-electron chi connectivity index (χ1n) is 11.5. The summed E-state index contributed by atoms with van der Waals surface area (Å²) >= 11 is 6.27. The molecule has 7 heteroatoms. The molecule has 0 fully saturated rings. The second-order valence-corrected chi connectivity index (χ2v) is 8.78. The summed E-state index contributed by atoms with van der Waals surface area (Å²) in [6.07, 6.45) is 2.02. The number of carbonyl (C=O) groups excluding carboxylic acids is 1. The summed E-state index contributed by atoms with van der Waals surface area (Å²) in [5.41, 5.74) is 5.91. The summed E-state index contributed by atoms with van der Waals surface area (Å²) < 4.78 is 13.2. The van der Waals surface area contributed by atoms with Crippen molar-refractivity contribution in [3.8, 4) is 22.3 Å². The molecule has 0 atom stereocenters. The summed E-state index contributed by atoms with van der Waals surface area (Å²) in [4.78, 5) is 27.2. The molecule has 0 saturated carbocycles. The number of carboxylic acid groups (broad SMARTS) is 1. The van der Waals surface area contributed by atoms with E-state index < -0.39 is 5.97 Å². The van der Waals surface area contributed by atoms with Crippen LogP contribution in [-0.2, 0) is 11.3 Å². The van der Waals surface area contributed by atoms with Gasteiger partial charge in [0.25, 0.3) is 0 Å². The molecule has 0 bridgehead atoms. The van der Waals surface area contributed by atoms with Gasteiger partial charge in [-0.2, -0.15) is 0 Å². The fourth-order valence-corrected chi connectivity index (χ4v) is 4.01. The molecule has 0 aliphatic heterocycles. The van der Waals surface area contributed by atoms with E-state index in [9.17, 15) is 14.0 Å². The van der Waals surface area contributed by atoms with Crippen molar-refractivity contribution >= 4 is 29.0 Å². The average Bonchev–Trinajstić information content (AvgIpc) is 2.88. The average molecular weight is 503 g/mol. The molecule has 0 amide bonds. The molecule has 5 nitrogen and oxygen atoms in total. The standard InChI is InChI=1S/C29H24ClFN2O3/c30-23-10-4-21(17-32-25-13-7-20(8-14-25)19-5-11-24(31)12-6-19)26(16-23)22-9-15-27(33-18-22)28(34)2-1-3-29(35)36/h4-16,18,32H,1-3,17H2,(H,35,36). The van der Waals surface area contributed by atoms with Gasteiger partial charge in [-0.25, -0.2) is 4.39 Å². The molecule has 0 aliphatic rings. The number of benzene rings is 3. The lowest BCUT2D eigenvalue weighted by Gasteiger charge is -2.13. The topological polar surface area (TPSA) is 79.3 Å². The molecule has 1 heterocycles. The number of Topliss-reactive ketones (excluding diaryl/α,β-unsaturated/α-hetero) is 1. The Bertz CT molecular complexity index is 1360. The Morgan fingerprint density at radius 1 is 0.861 bits per heavy atom. The minimum absolute atomic E-state index is 0.0440. The zero-order valence-corrected chi connectivity index (χ0v) is 20.1. The minimum atomic E-state index is -0.919. The molecular weight excluding hydrogens is 479 g/mol. The van der Waals surface area contributed by atoms with Gasteiger partial charge in [-0.3, -0.25) is 14.6 Å². The maximum Gasteiger partial charge on any atom is 0.303 e. The monoisotopic (exact) mass is 502 g/mol. The number of aliphatic carboxylic acids is 1. The molecule has 3 aromatic carbocycles. The first-order chi connectivity index (χ1) is 17.4. The Labute approximate surface area is 213 Å². The molecule has 182 valence electrons. The van der Waals surface area contributed by atoms with Crippen molar-refractivity contribution in [2.45, 2.75) is 25.8 Å².